The molecule has 1 aromatic rings. The van der Waals surface area contributed by atoms with Crippen molar-refractivity contribution < 1.29 is 9.84 Å². The van der Waals surface area contributed by atoms with Crippen LogP contribution in [0.4, 0.5) is 0 Å². The minimum atomic E-state index is 0.0872. The van der Waals surface area contributed by atoms with Gasteiger partial charge in [0.1, 0.15) is 0 Å². The maximum atomic E-state index is 9.18. The van der Waals surface area contributed by atoms with Crippen LogP contribution in [0, 0.1) is 0 Å². The SMILES string of the molecule is COC1C=c2c(CO)cccc2=CC1. The van der Waals surface area contributed by atoms with Gasteiger partial charge in [-0.15, -0.1) is 0 Å². The summed E-state index contributed by atoms with van der Waals surface area (Å²) < 4.78 is 5.28. The topological polar surface area (TPSA) is 29.5 Å². The summed E-state index contributed by atoms with van der Waals surface area (Å²) in [7, 11) is 1.71. The molecule has 2 rings (SSSR count). The minimum Gasteiger partial charge on any atom is -0.392 e. The van der Waals surface area contributed by atoms with Gasteiger partial charge in [0, 0.05) is 7.11 Å². The van der Waals surface area contributed by atoms with E-state index in [1.54, 1.807) is 7.11 Å². The molecule has 1 aromatic carbocycles. The molecular weight excluding hydrogens is 176 g/mol. The number of fused-ring (bicyclic) bond motifs is 1. The first-order chi connectivity index (χ1) is 6.85. The highest BCUT2D eigenvalue weighted by Crippen LogP contribution is 2.03. The van der Waals surface area contributed by atoms with Crippen molar-refractivity contribution in [3.63, 3.8) is 0 Å². The van der Waals surface area contributed by atoms with E-state index in [1.807, 2.05) is 12.1 Å². The Bertz CT molecular complexity index is 434. The molecule has 0 aliphatic heterocycles. The zero-order valence-corrected chi connectivity index (χ0v) is 8.23. The van der Waals surface area contributed by atoms with Crippen molar-refractivity contribution in [2.45, 2.75) is 19.1 Å². The van der Waals surface area contributed by atoms with E-state index in [0.29, 0.717) is 0 Å². The molecule has 0 saturated heterocycles. The van der Waals surface area contributed by atoms with Gasteiger partial charge >= 0.3 is 0 Å². The van der Waals surface area contributed by atoms with Crippen molar-refractivity contribution in [3.8, 4) is 0 Å². The van der Waals surface area contributed by atoms with Gasteiger partial charge in [0.2, 0.25) is 0 Å². The van der Waals surface area contributed by atoms with Crippen LogP contribution >= 0.6 is 0 Å². The molecule has 74 valence electrons. The second-order valence-electron chi connectivity index (χ2n) is 3.46. The summed E-state index contributed by atoms with van der Waals surface area (Å²) in [5, 5.41) is 11.5. The standard InChI is InChI=1S/C12H14O2/c1-14-11-6-5-9-3-2-4-10(8-13)12(9)7-11/h2-5,7,11,13H,6,8H2,1H3. The Kier molecular flexibility index (Phi) is 2.66. The lowest BCUT2D eigenvalue weighted by molar-refractivity contribution is 0.157. The first-order valence-corrected chi connectivity index (χ1v) is 4.78. The average Bonchev–Trinajstić information content (AvgIpc) is 2.27. The van der Waals surface area contributed by atoms with Crippen LogP contribution in [-0.2, 0) is 11.3 Å². The summed E-state index contributed by atoms with van der Waals surface area (Å²) in [6.07, 6.45) is 5.30. The van der Waals surface area contributed by atoms with Gasteiger partial charge in [-0.2, -0.15) is 0 Å². The summed E-state index contributed by atoms with van der Waals surface area (Å²) in [5.74, 6) is 0. The molecule has 2 heteroatoms. The van der Waals surface area contributed by atoms with E-state index in [-0.39, 0.29) is 12.7 Å². The number of ether oxygens (including phenoxy) is 1. The normalized spacial score (nSPS) is 19.4. The third kappa shape index (κ3) is 1.59. The fraction of sp³-hybridized carbons (Fsp3) is 0.333. The predicted octanol–water partition coefficient (Wildman–Crippen LogP) is 0.159. The Balaban J connectivity index is 2.62. The van der Waals surface area contributed by atoms with Crippen molar-refractivity contribution in [2.75, 3.05) is 7.11 Å². The molecule has 0 fully saturated rings. The van der Waals surface area contributed by atoms with Crippen LogP contribution in [0.15, 0.2) is 18.2 Å². The van der Waals surface area contributed by atoms with Crippen LogP contribution in [0.5, 0.6) is 0 Å². The van der Waals surface area contributed by atoms with Crippen molar-refractivity contribution in [1.29, 1.82) is 0 Å². The van der Waals surface area contributed by atoms with E-state index in [1.165, 1.54) is 5.22 Å². The molecule has 0 saturated carbocycles. The van der Waals surface area contributed by atoms with Gasteiger partial charge in [-0.05, 0) is 28.5 Å². The number of rotatable bonds is 2. The van der Waals surface area contributed by atoms with Crippen molar-refractivity contribution in [3.05, 3.63) is 34.2 Å². The number of hydrogen-bond acceptors (Lipinski definition) is 2. The quantitative estimate of drug-likeness (QED) is 0.720. The molecule has 0 bridgehead atoms. The number of hydrogen-bond donors (Lipinski definition) is 1. The van der Waals surface area contributed by atoms with Crippen molar-refractivity contribution in [2.24, 2.45) is 0 Å². The monoisotopic (exact) mass is 190 g/mol. The van der Waals surface area contributed by atoms with E-state index >= 15 is 0 Å². The van der Waals surface area contributed by atoms with Crippen molar-refractivity contribution in [1.82, 2.24) is 0 Å². The van der Waals surface area contributed by atoms with Gasteiger partial charge in [-0.1, -0.05) is 24.3 Å². The first-order valence-electron chi connectivity index (χ1n) is 4.78. The Morgan fingerprint density at radius 3 is 3.07 bits per heavy atom. The van der Waals surface area contributed by atoms with E-state index < -0.39 is 0 Å². The molecule has 0 amide bonds. The molecule has 1 aliphatic rings. The van der Waals surface area contributed by atoms with Gasteiger partial charge in [0.25, 0.3) is 0 Å². The van der Waals surface area contributed by atoms with Crippen LogP contribution in [0.1, 0.15) is 12.0 Å². The molecule has 0 heterocycles. The van der Waals surface area contributed by atoms with Crippen molar-refractivity contribution >= 4 is 12.2 Å². The van der Waals surface area contributed by atoms with Crippen LogP contribution < -0.4 is 10.4 Å². The van der Waals surface area contributed by atoms with E-state index in [2.05, 4.69) is 18.2 Å². The Hall–Kier alpha value is -1.12. The molecular formula is C12H14O2. The molecule has 1 N–H and O–H groups in total. The fourth-order valence-corrected chi connectivity index (χ4v) is 1.81. The lowest BCUT2D eigenvalue weighted by Gasteiger charge is -2.13. The third-order valence-corrected chi connectivity index (χ3v) is 2.63. The molecule has 2 nitrogen and oxygen atoms in total. The summed E-state index contributed by atoms with van der Waals surface area (Å²) in [5.41, 5.74) is 0.973. The smallest absolute Gasteiger partial charge is 0.0795 e. The first kappa shape index (κ1) is 9.44. The van der Waals surface area contributed by atoms with E-state index in [0.717, 1.165) is 17.2 Å². The average molecular weight is 190 g/mol. The zero-order chi connectivity index (χ0) is 9.97. The fourth-order valence-electron chi connectivity index (χ4n) is 1.81. The Labute approximate surface area is 83.1 Å². The maximum Gasteiger partial charge on any atom is 0.0795 e. The number of aliphatic hydroxyl groups excluding tert-OH is 1. The summed E-state index contributed by atoms with van der Waals surface area (Å²) in [4.78, 5) is 0. The summed E-state index contributed by atoms with van der Waals surface area (Å²) >= 11 is 0. The molecule has 0 radical (unpaired) electrons. The predicted molar refractivity (Wildman–Crippen MR) is 56.0 cm³/mol. The van der Waals surface area contributed by atoms with Crippen LogP contribution in [0.3, 0.4) is 0 Å². The number of methoxy groups -OCH3 is 1. The number of benzene rings is 1. The molecule has 0 spiro atoms. The lowest BCUT2D eigenvalue weighted by atomic mass is 10.0. The highest BCUT2D eigenvalue weighted by molar-refractivity contribution is 5.44. The molecule has 14 heavy (non-hydrogen) atoms. The van der Waals surface area contributed by atoms with Gasteiger partial charge < -0.3 is 9.84 Å². The van der Waals surface area contributed by atoms with Crippen LogP contribution in [-0.4, -0.2) is 18.3 Å². The van der Waals surface area contributed by atoms with Gasteiger partial charge in [0.05, 0.1) is 12.7 Å². The molecule has 1 atom stereocenters. The zero-order valence-electron chi connectivity index (χ0n) is 8.23. The molecule has 0 aromatic heterocycles. The second kappa shape index (κ2) is 3.95. The van der Waals surface area contributed by atoms with Gasteiger partial charge in [-0.3, -0.25) is 0 Å². The molecule has 1 aliphatic carbocycles. The second-order valence-corrected chi connectivity index (χ2v) is 3.46. The largest absolute Gasteiger partial charge is 0.392 e. The van der Waals surface area contributed by atoms with Gasteiger partial charge in [-0.25, -0.2) is 0 Å². The van der Waals surface area contributed by atoms with Crippen LogP contribution in [0.2, 0.25) is 0 Å². The highest BCUT2D eigenvalue weighted by Gasteiger charge is 2.07. The van der Waals surface area contributed by atoms with Gasteiger partial charge in [0.15, 0.2) is 0 Å². The maximum absolute atomic E-state index is 9.18. The van der Waals surface area contributed by atoms with E-state index in [9.17, 15) is 5.11 Å². The number of aliphatic hydroxyl groups is 1. The molecule has 1 unspecified atom stereocenters. The highest BCUT2D eigenvalue weighted by atomic mass is 16.5. The van der Waals surface area contributed by atoms with E-state index in [4.69, 9.17) is 4.74 Å². The minimum absolute atomic E-state index is 0.0872. The third-order valence-electron chi connectivity index (χ3n) is 2.63. The lowest BCUT2D eigenvalue weighted by Crippen LogP contribution is -2.34. The van der Waals surface area contributed by atoms with Crippen LogP contribution in [0.25, 0.3) is 12.2 Å². The summed E-state index contributed by atoms with van der Waals surface area (Å²) in [6, 6.07) is 5.99. The summed E-state index contributed by atoms with van der Waals surface area (Å²) in [6.45, 7) is 0.0872. The Morgan fingerprint density at radius 2 is 2.36 bits per heavy atom. The Morgan fingerprint density at radius 1 is 1.50 bits per heavy atom.